The Hall–Kier alpha value is -2.08. The summed E-state index contributed by atoms with van der Waals surface area (Å²) in [6, 6.07) is 7.02. The lowest BCUT2D eigenvalue weighted by Crippen LogP contribution is -2.15. The number of rotatable bonds is 5. The van der Waals surface area contributed by atoms with Crippen molar-refractivity contribution in [1.82, 2.24) is 9.97 Å². The standard InChI is InChI=1S/C16H16N2O3S/c1-21-11-7-5-10(6-8-11)14(19)9-22-15-12-3-2-4-13(12)17-16(20)18-15/h5-8H,2-4,9H2,1H3,(H,17,18,20). The second-order valence-corrected chi connectivity index (χ2v) is 6.06. The molecule has 114 valence electrons. The van der Waals surface area contributed by atoms with Gasteiger partial charge in [-0.3, -0.25) is 4.79 Å². The molecule has 1 heterocycles. The van der Waals surface area contributed by atoms with Crippen molar-refractivity contribution in [3.63, 3.8) is 0 Å². The Morgan fingerprint density at radius 2 is 2.09 bits per heavy atom. The van der Waals surface area contributed by atoms with Gasteiger partial charge in [-0.1, -0.05) is 11.8 Å². The Bertz CT molecular complexity index is 753. The Labute approximate surface area is 132 Å². The predicted molar refractivity (Wildman–Crippen MR) is 84.9 cm³/mol. The van der Waals surface area contributed by atoms with Crippen molar-refractivity contribution in [3.8, 4) is 5.75 Å². The van der Waals surface area contributed by atoms with Crippen LogP contribution >= 0.6 is 11.8 Å². The van der Waals surface area contributed by atoms with Crippen molar-refractivity contribution in [2.75, 3.05) is 12.9 Å². The van der Waals surface area contributed by atoms with Crippen molar-refractivity contribution in [1.29, 1.82) is 0 Å². The molecule has 1 aliphatic rings. The predicted octanol–water partition coefficient (Wildman–Crippen LogP) is 2.24. The van der Waals surface area contributed by atoms with Gasteiger partial charge in [-0.05, 0) is 43.5 Å². The number of carbonyl (C=O) groups is 1. The maximum absolute atomic E-state index is 12.2. The number of aryl methyl sites for hydroxylation is 1. The van der Waals surface area contributed by atoms with Gasteiger partial charge in [0.15, 0.2) is 5.78 Å². The highest BCUT2D eigenvalue weighted by atomic mass is 32.2. The van der Waals surface area contributed by atoms with Crippen LogP contribution in [0.15, 0.2) is 34.1 Å². The van der Waals surface area contributed by atoms with Gasteiger partial charge in [0.2, 0.25) is 0 Å². The highest BCUT2D eigenvalue weighted by Crippen LogP contribution is 2.28. The van der Waals surface area contributed by atoms with Gasteiger partial charge in [-0.15, -0.1) is 0 Å². The second kappa shape index (κ2) is 6.36. The van der Waals surface area contributed by atoms with Crippen LogP contribution in [0.2, 0.25) is 0 Å². The minimum absolute atomic E-state index is 0.0153. The SMILES string of the molecule is COc1ccc(C(=O)CSc2nc(=O)[nH]c3c2CCC3)cc1. The molecule has 0 amide bonds. The number of hydrogen-bond donors (Lipinski definition) is 1. The fourth-order valence-electron chi connectivity index (χ4n) is 2.55. The number of Topliss-reactive ketones (excluding diaryl/α,β-unsaturated/α-hetero) is 1. The molecule has 1 aromatic heterocycles. The van der Waals surface area contributed by atoms with Gasteiger partial charge < -0.3 is 9.72 Å². The van der Waals surface area contributed by atoms with Gasteiger partial charge in [0.25, 0.3) is 0 Å². The Kier molecular flexibility index (Phi) is 4.29. The van der Waals surface area contributed by atoms with Crippen LogP contribution in [-0.4, -0.2) is 28.6 Å². The summed E-state index contributed by atoms with van der Waals surface area (Å²) in [5.41, 5.74) is 2.36. The number of nitrogens with zero attached hydrogens (tertiary/aromatic N) is 1. The molecular formula is C16H16N2O3S. The van der Waals surface area contributed by atoms with Crippen LogP contribution in [0.1, 0.15) is 28.0 Å². The molecule has 0 atom stereocenters. The van der Waals surface area contributed by atoms with E-state index < -0.39 is 0 Å². The molecule has 0 saturated carbocycles. The fourth-order valence-corrected chi connectivity index (χ4v) is 3.53. The molecule has 22 heavy (non-hydrogen) atoms. The van der Waals surface area contributed by atoms with Crippen LogP contribution in [0.5, 0.6) is 5.75 Å². The molecule has 0 unspecified atom stereocenters. The van der Waals surface area contributed by atoms with Crippen LogP contribution in [-0.2, 0) is 12.8 Å². The van der Waals surface area contributed by atoms with Crippen LogP contribution in [0.4, 0.5) is 0 Å². The normalized spacial score (nSPS) is 13.0. The number of thioether (sulfide) groups is 1. The van der Waals surface area contributed by atoms with Crippen molar-refractivity contribution < 1.29 is 9.53 Å². The first-order valence-corrected chi connectivity index (χ1v) is 8.08. The number of benzene rings is 1. The molecule has 0 bridgehead atoms. The molecule has 0 aliphatic heterocycles. The summed E-state index contributed by atoms with van der Waals surface area (Å²) < 4.78 is 5.08. The molecule has 0 spiro atoms. The largest absolute Gasteiger partial charge is 0.497 e. The van der Waals surface area contributed by atoms with E-state index in [9.17, 15) is 9.59 Å². The smallest absolute Gasteiger partial charge is 0.346 e. The lowest BCUT2D eigenvalue weighted by molar-refractivity contribution is 0.102. The minimum Gasteiger partial charge on any atom is -0.497 e. The molecule has 0 saturated heterocycles. The molecule has 1 N–H and O–H groups in total. The quantitative estimate of drug-likeness (QED) is 0.520. The van der Waals surface area contributed by atoms with E-state index in [0.717, 1.165) is 36.3 Å². The molecule has 1 aromatic carbocycles. The first kappa shape index (κ1) is 14.8. The van der Waals surface area contributed by atoms with E-state index in [4.69, 9.17) is 4.74 Å². The molecule has 5 nitrogen and oxygen atoms in total. The van der Waals surface area contributed by atoms with Crippen LogP contribution in [0.25, 0.3) is 0 Å². The zero-order valence-electron chi connectivity index (χ0n) is 12.2. The van der Waals surface area contributed by atoms with E-state index in [1.54, 1.807) is 31.4 Å². The van der Waals surface area contributed by atoms with E-state index in [0.29, 0.717) is 10.6 Å². The van der Waals surface area contributed by atoms with Gasteiger partial charge in [0.05, 0.1) is 12.9 Å². The van der Waals surface area contributed by atoms with Crippen molar-refractivity contribution in [3.05, 3.63) is 51.6 Å². The average molecular weight is 316 g/mol. The topological polar surface area (TPSA) is 72.0 Å². The average Bonchev–Trinajstić information content (AvgIpc) is 3.00. The third-order valence-corrected chi connectivity index (χ3v) is 4.71. The minimum atomic E-state index is -0.333. The highest BCUT2D eigenvalue weighted by molar-refractivity contribution is 8.00. The van der Waals surface area contributed by atoms with Crippen LogP contribution in [0.3, 0.4) is 0 Å². The highest BCUT2D eigenvalue weighted by Gasteiger charge is 2.19. The monoisotopic (exact) mass is 316 g/mol. The third kappa shape index (κ3) is 3.06. The van der Waals surface area contributed by atoms with Gasteiger partial charge in [0, 0.05) is 16.8 Å². The molecular weight excluding hydrogens is 300 g/mol. The molecule has 2 aromatic rings. The van der Waals surface area contributed by atoms with Crippen molar-refractivity contribution in [2.24, 2.45) is 0 Å². The lowest BCUT2D eigenvalue weighted by Gasteiger charge is -2.06. The summed E-state index contributed by atoms with van der Waals surface area (Å²) in [4.78, 5) is 30.6. The number of hydrogen-bond acceptors (Lipinski definition) is 5. The number of aromatic amines is 1. The Balaban J connectivity index is 1.72. The van der Waals surface area contributed by atoms with E-state index in [1.807, 2.05) is 0 Å². The third-order valence-electron chi connectivity index (χ3n) is 3.69. The second-order valence-electron chi connectivity index (χ2n) is 5.10. The summed E-state index contributed by atoms with van der Waals surface area (Å²) in [6.45, 7) is 0. The Morgan fingerprint density at radius 3 is 2.82 bits per heavy atom. The summed E-state index contributed by atoms with van der Waals surface area (Å²) >= 11 is 1.34. The van der Waals surface area contributed by atoms with E-state index in [2.05, 4.69) is 9.97 Å². The van der Waals surface area contributed by atoms with E-state index >= 15 is 0 Å². The number of ether oxygens (including phenoxy) is 1. The first-order chi connectivity index (χ1) is 10.7. The van der Waals surface area contributed by atoms with Gasteiger partial charge in [-0.2, -0.15) is 4.98 Å². The maximum Gasteiger partial charge on any atom is 0.346 e. The lowest BCUT2D eigenvalue weighted by atomic mass is 10.1. The number of fused-ring (bicyclic) bond motifs is 1. The first-order valence-electron chi connectivity index (χ1n) is 7.09. The number of nitrogens with one attached hydrogen (secondary N) is 1. The summed E-state index contributed by atoms with van der Waals surface area (Å²) in [6.07, 6.45) is 2.82. The molecule has 1 aliphatic carbocycles. The number of methoxy groups -OCH3 is 1. The summed E-state index contributed by atoms with van der Waals surface area (Å²) in [5, 5.41) is 0.693. The summed E-state index contributed by atoms with van der Waals surface area (Å²) in [5.74, 6) is 1.01. The zero-order valence-corrected chi connectivity index (χ0v) is 13.0. The maximum atomic E-state index is 12.2. The summed E-state index contributed by atoms with van der Waals surface area (Å²) in [7, 11) is 1.59. The van der Waals surface area contributed by atoms with Gasteiger partial charge in [-0.25, -0.2) is 4.79 Å². The Morgan fingerprint density at radius 1 is 1.32 bits per heavy atom. The number of aromatic nitrogens is 2. The van der Waals surface area contributed by atoms with E-state index in [-0.39, 0.29) is 17.2 Å². The molecule has 6 heteroatoms. The number of H-pyrrole nitrogens is 1. The number of carbonyl (C=O) groups excluding carboxylic acids is 1. The zero-order chi connectivity index (χ0) is 15.5. The van der Waals surface area contributed by atoms with Crippen molar-refractivity contribution in [2.45, 2.75) is 24.3 Å². The molecule has 3 rings (SSSR count). The fraction of sp³-hybridized carbons (Fsp3) is 0.312. The van der Waals surface area contributed by atoms with Gasteiger partial charge in [0.1, 0.15) is 10.8 Å². The molecule has 0 radical (unpaired) electrons. The van der Waals surface area contributed by atoms with Gasteiger partial charge >= 0.3 is 5.69 Å². The van der Waals surface area contributed by atoms with Crippen molar-refractivity contribution >= 4 is 17.5 Å². The van der Waals surface area contributed by atoms with Crippen LogP contribution in [0, 0.1) is 0 Å². The van der Waals surface area contributed by atoms with E-state index in [1.165, 1.54) is 11.8 Å². The molecule has 0 fully saturated rings. The number of ketones is 1. The van der Waals surface area contributed by atoms with Crippen LogP contribution < -0.4 is 10.4 Å².